The molecule has 3 heterocycles. The standard InChI is InChI=1S/C22H34N4O/c1-2-26(21-5-6-21)22(27)19-4-3-13-25(17-19)20-9-14-24(15-10-20)16-18-7-11-23-12-8-18/h7-8,11-12,19-21H,2-6,9-10,13-17H2,1H3/t19-/m0/s1. The van der Waals surface area contributed by atoms with Gasteiger partial charge in [-0.15, -0.1) is 0 Å². The molecule has 1 amide bonds. The summed E-state index contributed by atoms with van der Waals surface area (Å²) in [5.41, 5.74) is 1.35. The number of aromatic nitrogens is 1. The summed E-state index contributed by atoms with van der Waals surface area (Å²) < 4.78 is 0. The van der Waals surface area contributed by atoms with Crippen molar-refractivity contribution in [2.75, 3.05) is 32.7 Å². The van der Waals surface area contributed by atoms with Crippen molar-refractivity contribution in [3.05, 3.63) is 30.1 Å². The number of carbonyl (C=O) groups excluding carboxylic acids is 1. The number of carbonyl (C=O) groups is 1. The quantitative estimate of drug-likeness (QED) is 0.772. The molecule has 0 unspecified atom stereocenters. The monoisotopic (exact) mass is 370 g/mol. The van der Waals surface area contributed by atoms with Crippen LogP contribution in [0.15, 0.2) is 24.5 Å². The van der Waals surface area contributed by atoms with Crippen LogP contribution in [0.4, 0.5) is 0 Å². The number of hydrogen-bond donors (Lipinski definition) is 0. The Hall–Kier alpha value is -1.46. The van der Waals surface area contributed by atoms with Crippen LogP contribution in [0.1, 0.15) is 51.0 Å². The maximum absolute atomic E-state index is 13.0. The molecule has 1 saturated carbocycles. The lowest BCUT2D eigenvalue weighted by atomic mass is 9.92. The van der Waals surface area contributed by atoms with E-state index in [9.17, 15) is 4.79 Å². The lowest BCUT2D eigenvalue weighted by molar-refractivity contribution is -0.138. The maximum atomic E-state index is 13.0. The summed E-state index contributed by atoms with van der Waals surface area (Å²) in [5.74, 6) is 0.661. The number of piperidine rings is 2. The molecule has 0 N–H and O–H groups in total. The van der Waals surface area contributed by atoms with E-state index in [0.29, 0.717) is 18.0 Å². The second-order valence-corrected chi connectivity index (χ2v) is 8.55. The van der Waals surface area contributed by atoms with Crippen LogP contribution in [-0.4, -0.2) is 70.4 Å². The lowest BCUT2D eigenvalue weighted by Crippen LogP contribution is -2.51. The molecule has 0 radical (unpaired) electrons. The summed E-state index contributed by atoms with van der Waals surface area (Å²) in [6, 6.07) is 5.44. The number of nitrogens with zero attached hydrogens (tertiary/aromatic N) is 4. The Labute approximate surface area is 163 Å². The summed E-state index contributed by atoms with van der Waals surface area (Å²) in [6.07, 6.45) is 10.9. The van der Waals surface area contributed by atoms with E-state index in [1.165, 1.54) is 44.2 Å². The molecule has 0 bridgehead atoms. The molecule has 2 saturated heterocycles. The zero-order chi connectivity index (χ0) is 18.6. The van der Waals surface area contributed by atoms with Crippen molar-refractivity contribution >= 4 is 5.91 Å². The summed E-state index contributed by atoms with van der Waals surface area (Å²) in [4.78, 5) is 24.4. The van der Waals surface area contributed by atoms with Crippen LogP contribution in [0.3, 0.4) is 0 Å². The molecule has 3 aliphatic rings. The normalized spacial score (nSPS) is 25.4. The first-order valence-electron chi connectivity index (χ1n) is 10.9. The second kappa shape index (κ2) is 8.70. The fraction of sp³-hybridized carbons (Fsp3) is 0.727. The van der Waals surface area contributed by atoms with Gasteiger partial charge in [0.15, 0.2) is 0 Å². The second-order valence-electron chi connectivity index (χ2n) is 8.55. The average Bonchev–Trinajstić information content (AvgIpc) is 3.55. The van der Waals surface area contributed by atoms with Gasteiger partial charge in [-0.2, -0.15) is 0 Å². The molecule has 2 aliphatic heterocycles. The molecule has 3 fully saturated rings. The Balaban J connectivity index is 1.27. The fourth-order valence-electron chi connectivity index (χ4n) is 4.94. The predicted octanol–water partition coefficient (Wildman–Crippen LogP) is 2.77. The van der Waals surface area contributed by atoms with Gasteiger partial charge in [-0.05, 0) is 82.8 Å². The molecule has 27 heavy (non-hydrogen) atoms. The molecule has 0 aromatic carbocycles. The average molecular weight is 371 g/mol. The van der Waals surface area contributed by atoms with Crippen molar-refractivity contribution in [3.8, 4) is 0 Å². The molecule has 1 atom stereocenters. The fourth-order valence-corrected chi connectivity index (χ4v) is 4.94. The molecule has 1 aromatic rings. The third-order valence-corrected chi connectivity index (χ3v) is 6.64. The number of amides is 1. The highest BCUT2D eigenvalue weighted by molar-refractivity contribution is 5.79. The zero-order valence-corrected chi connectivity index (χ0v) is 16.7. The van der Waals surface area contributed by atoms with Gasteiger partial charge in [0.2, 0.25) is 5.91 Å². The van der Waals surface area contributed by atoms with Gasteiger partial charge in [-0.25, -0.2) is 0 Å². The third kappa shape index (κ3) is 4.69. The van der Waals surface area contributed by atoms with Crippen molar-refractivity contribution < 1.29 is 4.79 Å². The van der Waals surface area contributed by atoms with Crippen LogP contribution >= 0.6 is 0 Å². The number of pyridine rings is 1. The van der Waals surface area contributed by atoms with E-state index >= 15 is 0 Å². The van der Waals surface area contributed by atoms with Crippen molar-refractivity contribution in [1.82, 2.24) is 19.7 Å². The largest absolute Gasteiger partial charge is 0.340 e. The van der Waals surface area contributed by atoms with Gasteiger partial charge in [-0.3, -0.25) is 19.6 Å². The topological polar surface area (TPSA) is 39.7 Å². The van der Waals surface area contributed by atoms with Crippen LogP contribution < -0.4 is 0 Å². The highest BCUT2D eigenvalue weighted by atomic mass is 16.2. The molecule has 4 rings (SSSR count). The van der Waals surface area contributed by atoms with E-state index in [-0.39, 0.29) is 5.92 Å². The number of rotatable bonds is 6. The summed E-state index contributed by atoms with van der Waals surface area (Å²) in [6.45, 7) is 8.52. The minimum Gasteiger partial charge on any atom is -0.340 e. The number of hydrogen-bond acceptors (Lipinski definition) is 4. The summed E-state index contributed by atoms with van der Waals surface area (Å²) in [7, 11) is 0. The van der Waals surface area contributed by atoms with Crippen LogP contribution in [0, 0.1) is 5.92 Å². The third-order valence-electron chi connectivity index (χ3n) is 6.64. The minimum absolute atomic E-state index is 0.231. The highest BCUT2D eigenvalue weighted by Crippen LogP contribution is 2.31. The Morgan fingerprint density at radius 1 is 1.11 bits per heavy atom. The molecule has 0 spiro atoms. The molecular weight excluding hydrogens is 336 g/mol. The van der Waals surface area contributed by atoms with Crippen LogP contribution in [-0.2, 0) is 11.3 Å². The van der Waals surface area contributed by atoms with Crippen molar-refractivity contribution in [2.24, 2.45) is 5.92 Å². The Kier molecular flexibility index (Phi) is 6.08. The van der Waals surface area contributed by atoms with Crippen LogP contribution in [0.2, 0.25) is 0 Å². The van der Waals surface area contributed by atoms with E-state index in [1.807, 2.05) is 12.4 Å². The molecule has 1 aliphatic carbocycles. The van der Waals surface area contributed by atoms with Crippen molar-refractivity contribution in [1.29, 1.82) is 0 Å². The predicted molar refractivity (Wildman–Crippen MR) is 107 cm³/mol. The summed E-state index contributed by atoms with van der Waals surface area (Å²) in [5, 5.41) is 0. The van der Waals surface area contributed by atoms with Gasteiger partial charge in [-0.1, -0.05) is 0 Å². The Morgan fingerprint density at radius 3 is 2.52 bits per heavy atom. The molecule has 148 valence electrons. The van der Waals surface area contributed by atoms with E-state index in [0.717, 1.165) is 39.1 Å². The van der Waals surface area contributed by atoms with Gasteiger partial charge in [0.05, 0.1) is 5.92 Å². The number of likely N-dealkylation sites (tertiary alicyclic amines) is 2. The van der Waals surface area contributed by atoms with Gasteiger partial charge in [0.1, 0.15) is 0 Å². The molecule has 5 nitrogen and oxygen atoms in total. The maximum Gasteiger partial charge on any atom is 0.227 e. The molecule has 1 aromatic heterocycles. The first-order valence-corrected chi connectivity index (χ1v) is 10.9. The van der Waals surface area contributed by atoms with E-state index in [1.54, 1.807) is 0 Å². The zero-order valence-electron chi connectivity index (χ0n) is 16.7. The van der Waals surface area contributed by atoms with E-state index < -0.39 is 0 Å². The molecular formula is C22H34N4O. The van der Waals surface area contributed by atoms with E-state index in [4.69, 9.17) is 0 Å². The SMILES string of the molecule is CCN(C(=O)[C@H]1CCCN(C2CCN(Cc3ccncc3)CC2)C1)C1CC1. The minimum atomic E-state index is 0.231. The molecule has 5 heteroatoms. The van der Waals surface area contributed by atoms with Crippen molar-refractivity contribution in [3.63, 3.8) is 0 Å². The smallest absolute Gasteiger partial charge is 0.227 e. The Bertz CT molecular complexity index is 610. The van der Waals surface area contributed by atoms with Crippen LogP contribution in [0.25, 0.3) is 0 Å². The highest BCUT2D eigenvalue weighted by Gasteiger charge is 2.37. The van der Waals surface area contributed by atoms with Gasteiger partial charge in [0.25, 0.3) is 0 Å². The first-order chi connectivity index (χ1) is 13.2. The van der Waals surface area contributed by atoms with Gasteiger partial charge in [0, 0.05) is 44.1 Å². The summed E-state index contributed by atoms with van der Waals surface area (Å²) >= 11 is 0. The Morgan fingerprint density at radius 2 is 1.85 bits per heavy atom. The van der Waals surface area contributed by atoms with Gasteiger partial charge >= 0.3 is 0 Å². The lowest BCUT2D eigenvalue weighted by Gasteiger charge is -2.42. The van der Waals surface area contributed by atoms with Crippen molar-refractivity contribution in [2.45, 2.75) is 64.1 Å². The van der Waals surface area contributed by atoms with Crippen LogP contribution in [0.5, 0.6) is 0 Å². The first kappa shape index (κ1) is 18.9. The van der Waals surface area contributed by atoms with E-state index in [2.05, 4.69) is 38.7 Å². The van der Waals surface area contributed by atoms with Gasteiger partial charge < -0.3 is 4.90 Å².